The van der Waals surface area contributed by atoms with Gasteiger partial charge in [-0.15, -0.1) is 5.10 Å². The van der Waals surface area contributed by atoms with Crippen molar-refractivity contribution in [2.24, 2.45) is 0 Å². The SMILES string of the molecule is O=C(CN[C@@H]1CCCN(c2cccnn2)C1)N[C@@H]1CCCCNC1=O. The van der Waals surface area contributed by atoms with E-state index in [0.29, 0.717) is 13.0 Å². The number of amides is 2. The fourth-order valence-electron chi connectivity index (χ4n) is 3.37. The Kier molecular flexibility index (Phi) is 6.16. The fourth-order valence-corrected chi connectivity index (χ4v) is 3.37. The number of aromatic nitrogens is 2. The number of hydrogen-bond donors (Lipinski definition) is 3. The van der Waals surface area contributed by atoms with E-state index in [1.54, 1.807) is 6.20 Å². The fraction of sp³-hybridized carbons (Fsp3) is 0.647. The average molecular weight is 346 g/mol. The minimum Gasteiger partial charge on any atom is -0.354 e. The standard InChI is InChI=1S/C17H26N6O2/c24-16(21-14-6-1-2-8-18-17(14)25)11-19-13-5-4-10-23(12-13)15-7-3-9-20-22-15/h3,7,9,13-14,19H,1-2,4-6,8,10-12H2,(H,18,25)(H,21,24)/t13-,14-/m1/s1. The third-order valence-electron chi connectivity index (χ3n) is 4.73. The molecule has 1 aromatic rings. The van der Waals surface area contributed by atoms with Crippen LogP contribution in [-0.2, 0) is 9.59 Å². The smallest absolute Gasteiger partial charge is 0.242 e. The van der Waals surface area contributed by atoms with Gasteiger partial charge in [-0.3, -0.25) is 9.59 Å². The Morgan fingerprint density at radius 2 is 2.24 bits per heavy atom. The highest BCUT2D eigenvalue weighted by molar-refractivity contribution is 5.88. The van der Waals surface area contributed by atoms with E-state index in [1.165, 1.54) is 0 Å². The predicted octanol–water partition coefficient (Wildman–Crippen LogP) is -0.180. The summed E-state index contributed by atoms with van der Waals surface area (Å²) in [7, 11) is 0. The van der Waals surface area contributed by atoms with E-state index in [9.17, 15) is 9.59 Å². The van der Waals surface area contributed by atoms with Crippen LogP contribution in [0.4, 0.5) is 5.82 Å². The molecule has 2 fully saturated rings. The van der Waals surface area contributed by atoms with Gasteiger partial charge in [0.25, 0.3) is 0 Å². The molecule has 0 aromatic carbocycles. The minimum atomic E-state index is -0.403. The van der Waals surface area contributed by atoms with E-state index in [4.69, 9.17) is 0 Å². The molecule has 8 heteroatoms. The van der Waals surface area contributed by atoms with E-state index in [-0.39, 0.29) is 24.4 Å². The van der Waals surface area contributed by atoms with Crippen molar-refractivity contribution in [3.05, 3.63) is 18.3 Å². The van der Waals surface area contributed by atoms with Crippen LogP contribution in [0.25, 0.3) is 0 Å². The van der Waals surface area contributed by atoms with Crippen LogP contribution in [0.3, 0.4) is 0 Å². The van der Waals surface area contributed by atoms with Crippen molar-refractivity contribution in [1.29, 1.82) is 0 Å². The molecule has 136 valence electrons. The zero-order chi connectivity index (χ0) is 17.5. The van der Waals surface area contributed by atoms with E-state index in [2.05, 4.69) is 31.0 Å². The summed E-state index contributed by atoms with van der Waals surface area (Å²) in [6, 6.07) is 3.65. The first-order valence-electron chi connectivity index (χ1n) is 9.05. The molecule has 2 atom stereocenters. The maximum Gasteiger partial charge on any atom is 0.242 e. The predicted molar refractivity (Wildman–Crippen MR) is 94.1 cm³/mol. The molecule has 2 amide bonds. The van der Waals surface area contributed by atoms with Crippen LogP contribution < -0.4 is 20.9 Å². The van der Waals surface area contributed by atoms with Gasteiger partial charge in [-0.1, -0.05) is 0 Å². The van der Waals surface area contributed by atoms with Gasteiger partial charge >= 0.3 is 0 Å². The third-order valence-corrected chi connectivity index (χ3v) is 4.73. The van der Waals surface area contributed by atoms with Crippen molar-refractivity contribution >= 4 is 17.6 Å². The molecule has 0 radical (unpaired) electrons. The molecule has 0 aliphatic carbocycles. The molecular weight excluding hydrogens is 320 g/mol. The largest absolute Gasteiger partial charge is 0.354 e. The number of nitrogens with one attached hydrogen (secondary N) is 3. The molecule has 0 unspecified atom stereocenters. The van der Waals surface area contributed by atoms with Crippen LogP contribution in [0, 0.1) is 0 Å². The quantitative estimate of drug-likeness (QED) is 0.684. The van der Waals surface area contributed by atoms with Crippen molar-refractivity contribution < 1.29 is 9.59 Å². The number of hydrogen-bond acceptors (Lipinski definition) is 6. The van der Waals surface area contributed by atoms with Crippen molar-refractivity contribution in [2.45, 2.75) is 44.2 Å². The average Bonchev–Trinajstić information content (AvgIpc) is 2.85. The molecule has 2 aliphatic heterocycles. The first-order chi connectivity index (χ1) is 12.2. The maximum atomic E-state index is 12.2. The van der Waals surface area contributed by atoms with Crippen molar-refractivity contribution in [2.75, 3.05) is 31.1 Å². The van der Waals surface area contributed by atoms with E-state index >= 15 is 0 Å². The monoisotopic (exact) mass is 346 g/mol. The first kappa shape index (κ1) is 17.6. The highest BCUT2D eigenvalue weighted by atomic mass is 16.2. The molecule has 1 aromatic heterocycles. The summed E-state index contributed by atoms with van der Waals surface area (Å²) in [4.78, 5) is 26.2. The van der Waals surface area contributed by atoms with Gasteiger partial charge in [0, 0.05) is 31.9 Å². The van der Waals surface area contributed by atoms with E-state index < -0.39 is 6.04 Å². The van der Waals surface area contributed by atoms with E-state index in [0.717, 1.165) is 44.6 Å². The summed E-state index contributed by atoms with van der Waals surface area (Å²) in [5.74, 6) is 0.671. The van der Waals surface area contributed by atoms with Crippen molar-refractivity contribution in [3.63, 3.8) is 0 Å². The molecule has 0 saturated carbocycles. The third kappa shape index (κ3) is 5.12. The molecule has 3 N–H and O–H groups in total. The van der Waals surface area contributed by atoms with Gasteiger partial charge in [0.05, 0.1) is 6.54 Å². The lowest BCUT2D eigenvalue weighted by Crippen LogP contribution is -2.51. The second-order valence-corrected chi connectivity index (χ2v) is 6.65. The zero-order valence-corrected chi connectivity index (χ0v) is 14.4. The molecule has 0 spiro atoms. The van der Waals surface area contributed by atoms with Crippen LogP contribution in [-0.4, -0.2) is 60.3 Å². The zero-order valence-electron chi connectivity index (χ0n) is 14.4. The van der Waals surface area contributed by atoms with Gasteiger partial charge in [-0.2, -0.15) is 5.10 Å². The lowest BCUT2D eigenvalue weighted by atomic mass is 10.1. The number of rotatable bonds is 5. The minimum absolute atomic E-state index is 0.0719. The topological polar surface area (TPSA) is 99.2 Å². The van der Waals surface area contributed by atoms with E-state index in [1.807, 2.05) is 12.1 Å². The summed E-state index contributed by atoms with van der Waals surface area (Å²) < 4.78 is 0. The van der Waals surface area contributed by atoms with Crippen molar-refractivity contribution in [1.82, 2.24) is 26.1 Å². The lowest BCUT2D eigenvalue weighted by molar-refractivity contribution is -0.128. The second-order valence-electron chi connectivity index (χ2n) is 6.65. The highest BCUT2D eigenvalue weighted by Crippen LogP contribution is 2.16. The van der Waals surface area contributed by atoms with Crippen molar-refractivity contribution in [3.8, 4) is 0 Å². The Balaban J connectivity index is 1.44. The summed E-state index contributed by atoms with van der Waals surface area (Å²) in [5.41, 5.74) is 0. The molecule has 2 saturated heterocycles. The van der Waals surface area contributed by atoms with Gasteiger partial charge in [0.1, 0.15) is 6.04 Å². The Morgan fingerprint density at radius 1 is 1.32 bits per heavy atom. The van der Waals surface area contributed by atoms with Gasteiger partial charge in [0.2, 0.25) is 11.8 Å². The van der Waals surface area contributed by atoms with Crippen LogP contribution in [0.1, 0.15) is 32.1 Å². The van der Waals surface area contributed by atoms with Gasteiger partial charge < -0.3 is 20.9 Å². The number of carbonyl (C=O) groups excluding carboxylic acids is 2. The summed E-state index contributed by atoms with van der Waals surface area (Å²) in [6.07, 6.45) is 6.36. The Morgan fingerprint density at radius 3 is 3.08 bits per heavy atom. The van der Waals surface area contributed by atoms with Crippen LogP contribution in [0.5, 0.6) is 0 Å². The Bertz CT molecular complexity index is 582. The number of piperidine rings is 1. The molecule has 0 bridgehead atoms. The van der Waals surface area contributed by atoms with Crippen LogP contribution in [0.2, 0.25) is 0 Å². The summed E-state index contributed by atoms with van der Waals surface area (Å²) >= 11 is 0. The van der Waals surface area contributed by atoms with Crippen LogP contribution in [0.15, 0.2) is 18.3 Å². The van der Waals surface area contributed by atoms with Gasteiger partial charge in [0.15, 0.2) is 5.82 Å². The van der Waals surface area contributed by atoms with Gasteiger partial charge in [-0.05, 0) is 44.2 Å². The molecule has 3 rings (SSSR count). The summed E-state index contributed by atoms with van der Waals surface area (Å²) in [5, 5.41) is 17.1. The number of nitrogens with zero attached hydrogens (tertiary/aromatic N) is 3. The molecule has 3 heterocycles. The Labute approximate surface area is 147 Å². The molecule has 25 heavy (non-hydrogen) atoms. The number of anilines is 1. The van der Waals surface area contributed by atoms with Gasteiger partial charge in [-0.25, -0.2) is 0 Å². The second kappa shape index (κ2) is 8.75. The normalized spacial score (nSPS) is 24.3. The summed E-state index contributed by atoms with van der Waals surface area (Å²) in [6.45, 7) is 2.67. The highest BCUT2D eigenvalue weighted by Gasteiger charge is 2.24. The molecule has 2 aliphatic rings. The molecule has 8 nitrogen and oxygen atoms in total. The number of carbonyl (C=O) groups is 2. The maximum absolute atomic E-state index is 12.2. The van der Waals surface area contributed by atoms with Crippen LogP contribution >= 0.6 is 0 Å². The lowest BCUT2D eigenvalue weighted by Gasteiger charge is -2.33. The molecular formula is C17H26N6O2. The first-order valence-corrected chi connectivity index (χ1v) is 9.05. The Hall–Kier alpha value is -2.22.